The molecule has 1 aliphatic rings. The maximum absolute atomic E-state index is 5.73. The van der Waals surface area contributed by atoms with Gasteiger partial charge in [0.25, 0.3) is 0 Å². The van der Waals surface area contributed by atoms with Crippen LogP contribution in [-0.2, 0) is 0 Å². The minimum Gasteiger partial charge on any atom is -0.493 e. The van der Waals surface area contributed by atoms with E-state index in [-0.39, 0.29) is 5.92 Å². The first kappa shape index (κ1) is 14.3. The van der Waals surface area contributed by atoms with Crippen LogP contribution in [0, 0.1) is 5.92 Å². The van der Waals surface area contributed by atoms with Crippen molar-refractivity contribution in [1.29, 1.82) is 0 Å². The zero-order chi connectivity index (χ0) is 13.8. The summed E-state index contributed by atoms with van der Waals surface area (Å²) in [5.74, 6) is 1.74. The van der Waals surface area contributed by atoms with Gasteiger partial charge in [-0.2, -0.15) is 0 Å². The molecule has 0 aliphatic carbocycles. The van der Waals surface area contributed by atoms with Crippen LogP contribution in [0.4, 0.5) is 0 Å². The van der Waals surface area contributed by atoms with Gasteiger partial charge in [0, 0.05) is 30.5 Å². The Hall–Kier alpha value is -1.13. The van der Waals surface area contributed by atoms with Crippen LogP contribution in [0.3, 0.4) is 0 Å². The molecule has 0 radical (unpaired) electrons. The molecule has 0 amide bonds. The molecule has 2 atom stereocenters. The molecule has 1 aliphatic heterocycles. The molecule has 3 nitrogen and oxygen atoms in total. The van der Waals surface area contributed by atoms with Crippen LogP contribution in [0.2, 0.25) is 0 Å². The summed E-state index contributed by atoms with van der Waals surface area (Å²) in [6, 6.07) is 8.31. The summed E-state index contributed by atoms with van der Waals surface area (Å²) in [7, 11) is 0. The number of para-hydroxylation sites is 1. The zero-order valence-electron chi connectivity index (χ0n) is 11.6. The molecule has 0 aromatic heterocycles. The number of hydrogen-bond donors (Lipinski definition) is 1. The highest BCUT2D eigenvalue weighted by molar-refractivity contribution is 7.80. The molecular weight excluding hydrogens is 256 g/mol. The third-order valence-electron chi connectivity index (χ3n) is 3.74. The molecule has 0 saturated heterocycles. The quantitative estimate of drug-likeness (QED) is 0.811. The summed E-state index contributed by atoms with van der Waals surface area (Å²) < 4.78 is 5.73. The number of ether oxygens (including phenoxy) is 1. The fourth-order valence-electron chi connectivity index (χ4n) is 2.50. The standard InChI is InChI=1S/C15H22N2OS/c1-3-17(8-11(2)15(16)19)9-12-10-18-14-7-5-4-6-13(12)14/h4-7,11-12H,3,8-10H2,1-2H3,(H2,16,19). The number of thiocarbonyl (C=S) groups is 1. The average Bonchev–Trinajstić information content (AvgIpc) is 2.81. The number of likely N-dealkylation sites (N-methyl/N-ethyl adjacent to an activating group) is 1. The first-order chi connectivity index (χ1) is 9.11. The van der Waals surface area contributed by atoms with E-state index in [4.69, 9.17) is 22.7 Å². The van der Waals surface area contributed by atoms with Crippen molar-refractivity contribution in [2.45, 2.75) is 19.8 Å². The van der Waals surface area contributed by atoms with Crippen LogP contribution in [0.1, 0.15) is 25.3 Å². The van der Waals surface area contributed by atoms with Crippen molar-refractivity contribution in [2.24, 2.45) is 11.7 Å². The number of rotatable bonds is 6. The van der Waals surface area contributed by atoms with Gasteiger partial charge in [0.2, 0.25) is 0 Å². The molecule has 4 heteroatoms. The summed E-state index contributed by atoms with van der Waals surface area (Å²) in [5, 5.41) is 0. The zero-order valence-corrected chi connectivity index (χ0v) is 12.5. The van der Waals surface area contributed by atoms with Crippen LogP contribution in [0.5, 0.6) is 5.75 Å². The van der Waals surface area contributed by atoms with Gasteiger partial charge < -0.3 is 15.4 Å². The van der Waals surface area contributed by atoms with E-state index in [1.165, 1.54) is 5.56 Å². The summed E-state index contributed by atoms with van der Waals surface area (Å²) in [5.41, 5.74) is 7.03. The second-order valence-corrected chi connectivity index (χ2v) is 5.67. The van der Waals surface area contributed by atoms with Crippen molar-refractivity contribution in [1.82, 2.24) is 4.90 Å². The molecule has 1 aromatic rings. The third kappa shape index (κ3) is 3.45. The second-order valence-electron chi connectivity index (χ2n) is 5.20. The lowest BCUT2D eigenvalue weighted by Gasteiger charge is -2.26. The largest absolute Gasteiger partial charge is 0.493 e. The van der Waals surface area contributed by atoms with Crippen LogP contribution < -0.4 is 10.5 Å². The van der Waals surface area contributed by atoms with E-state index in [2.05, 4.69) is 30.9 Å². The molecule has 2 N–H and O–H groups in total. The molecule has 2 unspecified atom stereocenters. The smallest absolute Gasteiger partial charge is 0.122 e. The monoisotopic (exact) mass is 278 g/mol. The van der Waals surface area contributed by atoms with E-state index < -0.39 is 0 Å². The van der Waals surface area contributed by atoms with Crippen molar-refractivity contribution in [2.75, 3.05) is 26.2 Å². The van der Waals surface area contributed by atoms with Crippen LogP contribution in [0.15, 0.2) is 24.3 Å². The molecule has 0 saturated carbocycles. The predicted octanol–water partition coefficient (Wildman–Crippen LogP) is 2.41. The molecule has 104 valence electrons. The van der Waals surface area contributed by atoms with Gasteiger partial charge >= 0.3 is 0 Å². The minimum absolute atomic E-state index is 0.257. The van der Waals surface area contributed by atoms with E-state index >= 15 is 0 Å². The Labute approximate surface area is 120 Å². The second kappa shape index (κ2) is 6.35. The Morgan fingerprint density at radius 1 is 1.53 bits per heavy atom. The lowest BCUT2D eigenvalue weighted by Crippen LogP contribution is -2.36. The first-order valence-corrected chi connectivity index (χ1v) is 7.26. The van der Waals surface area contributed by atoms with Crippen molar-refractivity contribution in [3.8, 4) is 5.75 Å². The van der Waals surface area contributed by atoms with E-state index in [9.17, 15) is 0 Å². The van der Waals surface area contributed by atoms with Gasteiger partial charge in [-0.1, -0.05) is 44.3 Å². The summed E-state index contributed by atoms with van der Waals surface area (Å²) >= 11 is 5.06. The van der Waals surface area contributed by atoms with E-state index in [1.807, 2.05) is 12.1 Å². The lowest BCUT2D eigenvalue weighted by atomic mass is 10.00. The fourth-order valence-corrected chi connectivity index (χ4v) is 2.58. The van der Waals surface area contributed by atoms with Crippen molar-refractivity contribution in [3.63, 3.8) is 0 Å². The Morgan fingerprint density at radius 2 is 2.26 bits per heavy atom. The van der Waals surface area contributed by atoms with Gasteiger partial charge in [0.15, 0.2) is 0 Å². The van der Waals surface area contributed by atoms with Crippen LogP contribution in [0.25, 0.3) is 0 Å². The topological polar surface area (TPSA) is 38.5 Å². The highest BCUT2D eigenvalue weighted by atomic mass is 32.1. The Bertz CT molecular complexity index is 450. The first-order valence-electron chi connectivity index (χ1n) is 6.85. The Morgan fingerprint density at radius 3 is 2.95 bits per heavy atom. The van der Waals surface area contributed by atoms with Gasteiger partial charge in [-0.3, -0.25) is 0 Å². The van der Waals surface area contributed by atoms with Gasteiger partial charge in [0.1, 0.15) is 5.75 Å². The molecule has 2 rings (SSSR count). The van der Waals surface area contributed by atoms with Gasteiger partial charge in [-0.25, -0.2) is 0 Å². The fraction of sp³-hybridized carbons (Fsp3) is 0.533. The molecule has 19 heavy (non-hydrogen) atoms. The number of benzene rings is 1. The maximum atomic E-state index is 5.73. The number of hydrogen-bond acceptors (Lipinski definition) is 3. The molecule has 1 aromatic carbocycles. The highest BCUT2D eigenvalue weighted by Crippen LogP contribution is 2.33. The van der Waals surface area contributed by atoms with E-state index in [0.29, 0.717) is 10.9 Å². The summed E-state index contributed by atoms with van der Waals surface area (Å²) in [6.45, 7) is 7.96. The molecule has 0 spiro atoms. The minimum atomic E-state index is 0.257. The number of nitrogens with zero attached hydrogens (tertiary/aromatic N) is 1. The molecule has 1 heterocycles. The van der Waals surface area contributed by atoms with Crippen LogP contribution >= 0.6 is 12.2 Å². The van der Waals surface area contributed by atoms with Gasteiger partial charge in [0.05, 0.1) is 11.6 Å². The van der Waals surface area contributed by atoms with Gasteiger partial charge in [-0.05, 0) is 12.6 Å². The molecule has 0 fully saturated rings. The van der Waals surface area contributed by atoms with Crippen molar-refractivity contribution >= 4 is 17.2 Å². The predicted molar refractivity (Wildman–Crippen MR) is 82.7 cm³/mol. The normalized spacial score (nSPS) is 19.0. The van der Waals surface area contributed by atoms with Crippen molar-refractivity contribution < 1.29 is 4.74 Å². The SMILES string of the molecule is CCN(CC(C)C(N)=S)CC1COc2ccccc21. The van der Waals surface area contributed by atoms with Crippen LogP contribution in [-0.4, -0.2) is 36.1 Å². The number of fused-ring (bicyclic) bond motifs is 1. The average molecular weight is 278 g/mol. The lowest BCUT2D eigenvalue weighted by molar-refractivity contribution is 0.232. The number of nitrogens with two attached hydrogens (primary N) is 1. The Kier molecular flexibility index (Phi) is 4.77. The summed E-state index contributed by atoms with van der Waals surface area (Å²) in [6.07, 6.45) is 0. The highest BCUT2D eigenvalue weighted by Gasteiger charge is 2.25. The molecule has 0 bridgehead atoms. The maximum Gasteiger partial charge on any atom is 0.122 e. The Balaban J connectivity index is 1.98. The molecular formula is C15H22N2OS. The summed E-state index contributed by atoms with van der Waals surface area (Å²) in [4.78, 5) is 3.00. The van der Waals surface area contributed by atoms with Crippen molar-refractivity contribution in [3.05, 3.63) is 29.8 Å². The van der Waals surface area contributed by atoms with E-state index in [1.54, 1.807) is 0 Å². The van der Waals surface area contributed by atoms with Gasteiger partial charge in [-0.15, -0.1) is 0 Å². The third-order valence-corrected chi connectivity index (χ3v) is 4.14. The van der Waals surface area contributed by atoms with E-state index in [0.717, 1.165) is 32.0 Å².